The third-order valence-corrected chi connectivity index (χ3v) is 3.72. The molecule has 0 saturated heterocycles. The Morgan fingerprint density at radius 3 is 2.52 bits per heavy atom. The van der Waals surface area contributed by atoms with Crippen molar-refractivity contribution in [2.75, 3.05) is 0 Å². The van der Waals surface area contributed by atoms with Crippen LogP contribution in [0.25, 0.3) is 10.9 Å². The summed E-state index contributed by atoms with van der Waals surface area (Å²) < 4.78 is 13.2. The monoisotopic (exact) mass is 301 g/mol. The van der Waals surface area contributed by atoms with Crippen LogP contribution in [0.1, 0.15) is 22.9 Å². The predicted molar refractivity (Wildman–Crippen MR) is 82.0 cm³/mol. The van der Waals surface area contributed by atoms with Crippen LogP contribution in [0.3, 0.4) is 0 Å². The van der Waals surface area contributed by atoms with Crippen LogP contribution in [-0.4, -0.2) is 10.1 Å². The van der Waals surface area contributed by atoms with Gasteiger partial charge in [0.15, 0.2) is 0 Å². The van der Waals surface area contributed by atoms with Gasteiger partial charge in [0.25, 0.3) is 0 Å². The number of aryl methyl sites for hydroxylation is 1. The van der Waals surface area contributed by atoms with E-state index in [1.807, 2.05) is 37.3 Å². The van der Waals surface area contributed by atoms with Crippen LogP contribution in [0.4, 0.5) is 4.39 Å². The van der Waals surface area contributed by atoms with E-state index in [9.17, 15) is 9.50 Å². The van der Waals surface area contributed by atoms with Crippen molar-refractivity contribution in [2.24, 2.45) is 0 Å². The molecule has 0 aliphatic rings. The largest absolute Gasteiger partial charge is 0.384 e. The summed E-state index contributed by atoms with van der Waals surface area (Å²) in [6.45, 7) is 1.93. The van der Waals surface area contributed by atoms with E-state index in [0.29, 0.717) is 5.56 Å². The van der Waals surface area contributed by atoms with Crippen molar-refractivity contribution >= 4 is 22.5 Å². The standard InChI is InChI=1S/C17H13ClFNO/c1-10-2-3-11-8-12(5-7-16(11)20-10)17(21)13-4-6-15(19)14(18)9-13/h2-9,17,21H,1H3. The van der Waals surface area contributed by atoms with E-state index < -0.39 is 11.9 Å². The van der Waals surface area contributed by atoms with E-state index in [-0.39, 0.29) is 5.02 Å². The summed E-state index contributed by atoms with van der Waals surface area (Å²) in [6.07, 6.45) is -0.853. The molecule has 21 heavy (non-hydrogen) atoms. The van der Waals surface area contributed by atoms with Crippen molar-refractivity contribution in [3.63, 3.8) is 0 Å². The molecule has 0 radical (unpaired) electrons. The Kier molecular flexibility index (Phi) is 3.62. The molecule has 106 valence electrons. The zero-order valence-corrected chi connectivity index (χ0v) is 12.1. The van der Waals surface area contributed by atoms with Crippen molar-refractivity contribution in [1.82, 2.24) is 4.98 Å². The second kappa shape index (κ2) is 5.43. The number of aromatic nitrogens is 1. The van der Waals surface area contributed by atoms with Gasteiger partial charge in [-0.2, -0.15) is 0 Å². The SMILES string of the molecule is Cc1ccc2cc(C(O)c3ccc(F)c(Cl)c3)ccc2n1. The molecule has 2 nitrogen and oxygen atoms in total. The van der Waals surface area contributed by atoms with Gasteiger partial charge >= 0.3 is 0 Å². The zero-order chi connectivity index (χ0) is 15.0. The Hall–Kier alpha value is -1.97. The molecule has 0 aliphatic heterocycles. The van der Waals surface area contributed by atoms with Gasteiger partial charge in [0, 0.05) is 11.1 Å². The van der Waals surface area contributed by atoms with E-state index in [0.717, 1.165) is 22.2 Å². The third kappa shape index (κ3) is 2.75. The minimum absolute atomic E-state index is 0.00429. The van der Waals surface area contributed by atoms with Crippen LogP contribution < -0.4 is 0 Å². The minimum atomic E-state index is -0.853. The van der Waals surface area contributed by atoms with E-state index in [1.165, 1.54) is 18.2 Å². The first kappa shape index (κ1) is 14.0. The first-order valence-corrected chi connectivity index (χ1v) is 6.93. The Morgan fingerprint density at radius 2 is 1.76 bits per heavy atom. The maximum Gasteiger partial charge on any atom is 0.141 e. The summed E-state index contributed by atoms with van der Waals surface area (Å²) in [4.78, 5) is 4.42. The molecule has 1 unspecified atom stereocenters. The second-order valence-electron chi connectivity index (χ2n) is 4.98. The number of aliphatic hydroxyl groups excluding tert-OH is 1. The van der Waals surface area contributed by atoms with E-state index >= 15 is 0 Å². The summed E-state index contributed by atoms with van der Waals surface area (Å²) in [5.74, 6) is -0.495. The number of hydrogen-bond donors (Lipinski definition) is 1. The lowest BCUT2D eigenvalue weighted by molar-refractivity contribution is 0.220. The smallest absolute Gasteiger partial charge is 0.141 e. The molecule has 0 saturated carbocycles. The topological polar surface area (TPSA) is 33.1 Å². The van der Waals surface area contributed by atoms with Crippen molar-refractivity contribution in [2.45, 2.75) is 13.0 Å². The summed E-state index contributed by atoms with van der Waals surface area (Å²) in [7, 11) is 0. The number of hydrogen-bond acceptors (Lipinski definition) is 2. The maximum absolute atomic E-state index is 13.2. The molecule has 0 bridgehead atoms. The molecule has 0 spiro atoms. The van der Waals surface area contributed by atoms with Gasteiger partial charge < -0.3 is 5.11 Å². The highest BCUT2D eigenvalue weighted by atomic mass is 35.5. The Balaban J connectivity index is 2.02. The molecule has 0 amide bonds. The fourth-order valence-electron chi connectivity index (χ4n) is 2.29. The average Bonchev–Trinajstić information content (AvgIpc) is 2.49. The minimum Gasteiger partial charge on any atom is -0.384 e. The van der Waals surface area contributed by atoms with Gasteiger partial charge in [0.05, 0.1) is 10.5 Å². The number of aliphatic hydroxyl groups is 1. The lowest BCUT2D eigenvalue weighted by Crippen LogP contribution is -2.00. The third-order valence-electron chi connectivity index (χ3n) is 3.43. The van der Waals surface area contributed by atoms with Gasteiger partial charge in [-0.25, -0.2) is 4.39 Å². The van der Waals surface area contributed by atoms with Gasteiger partial charge in [0.2, 0.25) is 0 Å². The van der Waals surface area contributed by atoms with Gasteiger partial charge in [0.1, 0.15) is 11.9 Å². The number of pyridine rings is 1. The summed E-state index contributed by atoms with van der Waals surface area (Å²) in [5.41, 5.74) is 3.10. The highest BCUT2D eigenvalue weighted by molar-refractivity contribution is 6.30. The first-order chi connectivity index (χ1) is 10.0. The van der Waals surface area contributed by atoms with E-state index in [4.69, 9.17) is 11.6 Å². The van der Waals surface area contributed by atoms with Crippen molar-refractivity contribution in [3.8, 4) is 0 Å². The maximum atomic E-state index is 13.2. The normalized spacial score (nSPS) is 12.6. The second-order valence-corrected chi connectivity index (χ2v) is 5.39. The average molecular weight is 302 g/mol. The highest BCUT2D eigenvalue weighted by Crippen LogP contribution is 2.27. The van der Waals surface area contributed by atoms with Crippen LogP contribution in [0.2, 0.25) is 5.02 Å². The molecule has 4 heteroatoms. The Bertz CT molecular complexity index is 819. The summed E-state index contributed by atoms with van der Waals surface area (Å²) in [6, 6.07) is 13.7. The molecule has 3 rings (SSSR count). The van der Waals surface area contributed by atoms with Gasteiger partial charge in [-0.3, -0.25) is 4.98 Å². The Labute approximate surface area is 126 Å². The van der Waals surface area contributed by atoms with Gasteiger partial charge in [-0.1, -0.05) is 29.8 Å². The molecule has 1 heterocycles. The van der Waals surface area contributed by atoms with Crippen molar-refractivity contribution in [1.29, 1.82) is 0 Å². The Morgan fingerprint density at radius 1 is 1.05 bits per heavy atom. The first-order valence-electron chi connectivity index (χ1n) is 6.55. The molecule has 0 fully saturated rings. The molecule has 1 atom stereocenters. The highest BCUT2D eigenvalue weighted by Gasteiger charge is 2.13. The van der Waals surface area contributed by atoms with Crippen LogP contribution in [0, 0.1) is 12.7 Å². The molecule has 2 aromatic carbocycles. The fourth-order valence-corrected chi connectivity index (χ4v) is 2.48. The van der Waals surface area contributed by atoms with Gasteiger partial charge in [-0.05, 0) is 48.4 Å². The van der Waals surface area contributed by atoms with Crippen LogP contribution >= 0.6 is 11.6 Å². The van der Waals surface area contributed by atoms with Crippen LogP contribution in [-0.2, 0) is 0 Å². The number of fused-ring (bicyclic) bond motifs is 1. The number of rotatable bonds is 2. The quantitative estimate of drug-likeness (QED) is 0.760. The van der Waals surface area contributed by atoms with Gasteiger partial charge in [-0.15, -0.1) is 0 Å². The molecule has 1 N–H and O–H groups in total. The van der Waals surface area contributed by atoms with E-state index in [2.05, 4.69) is 4.98 Å². The van der Waals surface area contributed by atoms with Crippen molar-refractivity contribution < 1.29 is 9.50 Å². The lowest BCUT2D eigenvalue weighted by atomic mass is 10.00. The number of benzene rings is 2. The van der Waals surface area contributed by atoms with Crippen LogP contribution in [0.5, 0.6) is 0 Å². The molecular weight excluding hydrogens is 289 g/mol. The number of nitrogens with zero attached hydrogens (tertiary/aromatic N) is 1. The van der Waals surface area contributed by atoms with Crippen LogP contribution in [0.15, 0.2) is 48.5 Å². The zero-order valence-electron chi connectivity index (χ0n) is 11.3. The fraction of sp³-hybridized carbons (Fsp3) is 0.118. The lowest BCUT2D eigenvalue weighted by Gasteiger charge is -2.13. The molecule has 1 aromatic heterocycles. The number of halogens is 2. The molecule has 3 aromatic rings. The predicted octanol–water partition coefficient (Wildman–Crippen LogP) is 4.42. The summed E-state index contributed by atoms with van der Waals surface area (Å²) in [5, 5.41) is 11.4. The van der Waals surface area contributed by atoms with E-state index in [1.54, 1.807) is 0 Å². The molecule has 0 aliphatic carbocycles. The van der Waals surface area contributed by atoms with Crippen molar-refractivity contribution in [3.05, 3.63) is 76.2 Å². The summed E-state index contributed by atoms with van der Waals surface area (Å²) >= 11 is 5.76. The molecular formula is C17H13ClFNO.